The van der Waals surface area contributed by atoms with E-state index in [0.29, 0.717) is 0 Å². The first-order valence-corrected chi connectivity index (χ1v) is 4.39. The molecule has 0 aromatic heterocycles. The lowest BCUT2D eigenvalue weighted by Gasteiger charge is -2.06. The third-order valence-corrected chi connectivity index (χ3v) is 1.27. The van der Waals surface area contributed by atoms with E-state index in [9.17, 15) is 14.7 Å². The van der Waals surface area contributed by atoms with Crippen LogP contribution in [-0.4, -0.2) is 56.6 Å². The lowest BCUT2D eigenvalue weighted by atomic mass is 10.5. The maximum absolute atomic E-state index is 10.8. The Kier molecular flexibility index (Phi) is 8.64. The van der Waals surface area contributed by atoms with E-state index in [1.54, 1.807) is 0 Å². The molecule has 0 unspecified atom stereocenters. The fourth-order valence-corrected chi connectivity index (χ4v) is 0.671. The molecule has 0 aromatic carbocycles. The first-order chi connectivity index (χ1) is 7.16. The van der Waals surface area contributed by atoms with Crippen molar-refractivity contribution < 1.29 is 29.3 Å². The van der Waals surface area contributed by atoms with Crippen LogP contribution in [0.4, 0.5) is 0 Å². The summed E-state index contributed by atoms with van der Waals surface area (Å²) in [6.07, 6.45) is 0. The van der Waals surface area contributed by atoms with Gasteiger partial charge < -0.3 is 29.8 Å². The van der Waals surface area contributed by atoms with Crippen LogP contribution in [0.25, 0.3) is 0 Å². The van der Waals surface area contributed by atoms with Crippen molar-refractivity contribution in [1.29, 1.82) is 0 Å². The van der Waals surface area contributed by atoms with E-state index in [4.69, 9.17) is 14.6 Å². The van der Waals surface area contributed by atoms with E-state index in [1.165, 1.54) is 0 Å². The summed E-state index contributed by atoms with van der Waals surface area (Å²) in [4.78, 5) is 20.8. The maximum atomic E-state index is 10.8. The minimum absolute atomic E-state index is 0.0634. The van der Waals surface area contributed by atoms with Crippen molar-refractivity contribution in [2.45, 2.75) is 0 Å². The van der Waals surface area contributed by atoms with Crippen LogP contribution in [0, 0.1) is 0 Å². The second-order valence-corrected chi connectivity index (χ2v) is 2.54. The fraction of sp³-hybridized carbons (Fsp3) is 0.750. The van der Waals surface area contributed by atoms with Crippen LogP contribution >= 0.6 is 0 Å². The number of carboxylic acids is 1. The first kappa shape index (κ1) is 13.8. The highest BCUT2D eigenvalue weighted by molar-refractivity contribution is 5.81. The van der Waals surface area contributed by atoms with Gasteiger partial charge in [0.15, 0.2) is 0 Å². The summed E-state index contributed by atoms with van der Waals surface area (Å²) in [6, 6.07) is 0. The molecule has 7 nitrogen and oxygen atoms in total. The SMILES string of the molecule is O=C([O-])CNC(=O)COCCOCCO. The molecule has 0 atom stereocenters. The van der Waals surface area contributed by atoms with Crippen molar-refractivity contribution in [2.75, 3.05) is 39.6 Å². The number of ether oxygens (including phenoxy) is 2. The molecule has 15 heavy (non-hydrogen) atoms. The highest BCUT2D eigenvalue weighted by atomic mass is 16.5. The Hall–Kier alpha value is -1.18. The second kappa shape index (κ2) is 9.38. The average molecular weight is 220 g/mol. The number of aliphatic carboxylic acids is 1. The third-order valence-electron chi connectivity index (χ3n) is 1.27. The van der Waals surface area contributed by atoms with Crippen LogP contribution in [-0.2, 0) is 19.1 Å². The molecule has 0 heterocycles. The van der Waals surface area contributed by atoms with E-state index >= 15 is 0 Å². The Labute approximate surface area is 87.0 Å². The molecule has 0 aliphatic heterocycles. The summed E-state index contributed by atoms with van der Waals surface area (Å²) >= 11 is 0. The molecule has 0 spiro atoms. The summed E-state index contributed by atoms with van der Waals surface area (Å²) < 4.78 is 9.69. The zero-order valence-electron chi connectivity index (χ0n) is 8.23. The lowest BCUT2D eigenvalue weighted by Crippen LogP contribution is -2.39. The zero-order chi connectivity index (χ0) is 11.5. The molecule has 0 aliphatic rings. The van der Waals surface area contributed by atoms with Gasteiger partial charge in [-0.05, 0) is 0 Å². The van der Waals surface area contributed by atoms with Gasteiger partial charge in [-0.1, -0.05) is 0 Å². The summed E-state index contributed by atoms with van der Waals surface area (Å²) in [6.45, 7) is -0.113. The number of hydrogen-bond donors (Lipinski definition) is 2. The number of aliphatic hydroxyl groups is 1. The first-order valence-electron chi connectivity index (χ1n) is 4.39. The van der Waals surface area contributed by atoms with E-state index in [2.05, 4.69) is 5.32 Å². The van der Waals surface area contributed by atoms with Gasteiger partial charge in [0, 0.05) is 0 Å². The molecule has 0 aliphatic carbocycles. The van der Waals surface area contributed by atoms with Crippen molar-refractivity contribution in [1.82, 2.24) is 5.32 Å². The van der Waals surface area contributed by atoms with Crippen LogP contribution in [0.5, 0.6) is 0 Å². The zero-order valence-corrected chi connectivity index (χ0v) is 8.23. The molecule has 0 saturated carbocycles. The molecular weight excluding hydrogens is 206 g/mol. The number of hydrogen-bond acceptors (Lipinski definition) is 6. The van der Waals surface area contributed by atoms with Gasteiger partial charge in [0.1, 0.15) is 6.61 Å². The molecule has 88 valence electrons. The third kappa shape index (κ3) is 10.7. The molecule has 0 fully saturated rings. The average Bonchev–Trinajstić information content (AvgIpc) is 2.20. The second-order valence-electron chi connectivity index (χ2n) is 2.54. The van der Waals surface area contributed by atoms with Crippen LogP contribution in [0.15, 0.2) is 0 Å². The van der Waals surface area contributed by atoms with E-state index in [1.807, 2.05) is 0 Å². The summed E-state index contributed by atoms with van der Waals surface area (Å²) in [5.41, 5.74) is 0. The molecule has 7 heteroatoms. The molecular formula is C8H14NO6-. The fourth-order valence-electron chi connectivity index (χ4n) is 0.671. The van der Waals surface area contributed by atoms with E-state index in [0.717, 1.165) is 0 Å². The number of carbonyl (C=O) groups excluding carboxylic acids is 2. The van der Waals surface area contributed by atoms with E-state index < -0.39 is 18.4 Å². The summed E-state index contributed by atoms with van der Waals surface area (Å²) in [7, 11) is 0. The molecule has 2 N–H and O–H groups in total. The van der Waals surface area contributed by atoms with Crippen molar-refractivity contribution in [2.24, 2.45) is 0 Å². The van der Waals surface area contributed by atoms with Crippen molar-refractivity contribution >= 4 is 11.9 Å². The topological polar surface area (TPSA) is 108 Å². The highest BCUT2D eigenvalue weighted by Crippen LogP contribution is 1.78. The molecule has 0 saturated heterocycles. The van der Waals surface area contributed by atoms with Crippen LogP contribution in [0.1, 0.15) is 0 Å². The molecule has 0 radical (unpaired) electrons. The maximum Gasteiger partial charge on any atom is 0.246 e. The molecule has 0 rings (SSSR count). The van der Waals surface area contributed by atoms with Crippen molar-refractivity contribution in [3.63, 3.8) is 0 Å². The minimum atomic E-state index is -1.35. The normalized spacial score (nSPS) is 9.93. The molecule has 1 amide bonds. The van der Waals surface area contributed by atoms with Gasteiger partial charge in [-0.25, -0.2) is 0 Å². The van der Waals surface area contributed by atoms with Gasteiger partial charge in [-0.3, -0.25) is 4.79 Å². The van der Waals surface area contributed by atoms with Gasteiger partial charge >= 0.3 is 0 Å². The minimum Gasteiger partial charge on any atom is -0.548 e. The van der Waals surface area contributed by atoms with Gasteiger partial charge in [0.05, 0.1) is 38.9 Å². The summed E-state index contributed by atoms with van der Waals surface area (Å²) in [5.74, 6) is -1.88. The number of rotatable bonds is 9. The number of carbonyl (C=O) groups is 2. The van der Waals surface area contributed by atoms with Gasteiger partial charge in [0.2, 0.25) is 5.91 Å². The van der Waals surface area contributed by atoms with Gasteiger partial charge in [-0.2, -0.15) is 0 Å². The van der Waals surface area contributed by atoms with Crippen LogP contribution < -0.4 is 10.4 Å². The Bertz CT molecular complexity index is 196. The van der Waals surface area contributed by atoms with E-state index in [-0.39, 0.29) is 33.0 Å². The van der Waals surface area contributed by atoms with Crippen LogP contribution in [0.3, 0.4) is 0 Å². The highest BCUT2D eigenvalue weighted by Gasteiger charge is 1.99. The Morgan fingerprint density at radius 2 is 1.87 bits per heavy atom. The Balaban J connectivity index is 3.20. The predicted molar refractivity (Wildman–Crippen MR) is 46.7 cm³/mol. The number of nitrogens with one attached hydrogen (secondary N) is 1. The van der Waals surface area contributed by atoms with Crippen LogP contribution in [0.2, 0.25) is 0 Å². The quantitative estimate of drug-likeness (QED) is 0.398. The molecule has 0 bridgehead atoms. The van der Waals surface area contributed by atoms with Gasteiger partial charge in [-0.15, -0.1) is 0 Å². The number of aliphatic hydroxyl groups excluding tert-OH is 1. The monoisotopic (exact) mass is 220 g/mol. The molecule has 0 aromatic rings. The largest absolute Gasteiger partial charge is 0.548 e. The smallest absolute Gasteiger partial charge is 0.246 e. The Morgan fingerprint density at radius 3 is 2.47 bits per heavy atom. The van der Waals surface area contributed by atoms with Crippen molar-refractivity contribution in [3.8, 4) is 0 Å². The Morgan fingerprint density at radius 1 is 1.20 bits per heavy atom. The standard InChI is InChI=1S/C8H15NO6/c10-1-2-14-3-4-15-6-7(11)9-5-8(12)13/h10H,1-6H2,(H,9,11)(H,12,13)/p-1. The number of carboxylic acid groups (broad SMARTS) is 1. The summed E-state index contributed by atoms with van der Waals surface area (Å²) in [5, 5.41) is 20.4. The van der Waals surface area contributed by atoms with Crippen molar-refractivity contribution in [3.05, 3.63) is 0 Å². The lowest BCUT2D eigenvalue weighted by molar-refractivity contribution is -0.304. The number of amides is 1. The predicted octanol–water partition coefficient (Wildman–Crippen LogP) is -3.12. The van der Waals surface area contributed by atoms with Gasteiger partial charge in [0.25, 0.3) is 0 Å².